The molecule has 2 aliphatic heterocycles. The van der Waals surface area contributed by atoms with E-state index < -0.39 is 12.7 Å². The highest BCUT2D eigenvalue weighted by Crippen LogP contribution is 2.48. The molecule has 0 radical (unpaired) electrons. The molecule has 0 saturated heterocycles. The molecule has 4 aromatic rings. The van der Waals surface area contributed by atoms with Gasteiger partial charge in [0.2, 0.25) is 0 Å². The second kappa shape index (κ2) is 8.36. The van der Waals surface area contributed by atoms with E-state index in [2.05, 4.69) is 4.90 Å². The van der Waals surface area contributed by atoms with Crippen LogP contribution in [0.15, 0.2) is 83.9 Å². The molecule has 3 heterocycles. The van der Waals surface area contributed by atoms with E-state index in [9.17, 15) is 8.78 Å². The van der Waals surface area contributed by atoms with Crippen LogP contribution in [0.25, 0.3) is 11.8 Å². The van der Waals surface area contributed by atoms with E-state index in [0.29, 0.717) is 22.2 Å². The number of aliphatic imine (C=N–C) groups is 1. The highest BCUT2D eigenvalue weighted by molar-refractivity contribution is 6.30. The molecule has 0 N–H and O–H groups in total. The number of aryl methyl sites for hydroxylation is 1. The average Bonchev–Trinajstić information content (AvgIpc) is 3.19. The van der Waals surface area contributed by atoms with Crippen molar-refractivity contribution in [3.05, 3.63) is 106 Å². The summed E-state index contributed by atoms with van der Waals surface area (Å²) in [6.45, 7) is -1.04. The summed E-state index contributed by atoms with van der Waals surface area (Å²) in [4.78, 5) is 7.05. The number of para-hydroxylation sites is 2. The number of alkyl halides is 2. The lowest BCUT2D eigenvalue weighted by Crippen LogP contribution is -2.39. The van der Waals surface area contributed by atoms with Crippen LogP contribution in [0.2, 0.25) is 5.02 Å². The van der Waals surface area contributed by atoms with Crippen molar-refractivity contribution in [1.82, 2.24) is 9.78 Å². The fourth-order valence-corrected chi connectivity index (χ4v) is 4.86. The normalized spacial score (nSPS) is 16.0. The van der Waals surface area contributed by atoms with Gasteiger partial charge in [0.05, 0.1) is 23.1 Å². The summed E-state index contributed by atoms with van der Waals surface area (Å²) >= 11 is 6.10. The maximum atomic E-state index is 13.4. The van der Waals surface area contributed by atoms with E-state index in [0.717, 1.165) is 28.2 Å². The minimum Gasteiger partial charge on any atom is -0.434 e. The predicted octanol–water partition coefficient (Wildman–Crippen LogP) is 7.10. The molecule has 0 spiro atoms. The first kappa shape index (κ1) is 21.6. The molecular formula is C27H19ClF2N4O. The molecule has 174 valence electrons. The van der Waals surface area contributed by atoms with Crippen molar-refractivity contribution in [3.8, 4) is 11.4 Å². The Morgan fingerprint density at radius 1 is 0.943 bits per heavy atom. The average molecular weight is 489 g/mol. The van der Waals surface area contributed by atoms with Crippen molar-refractivity contribution in [2.45, 2.75) is 19.6 Å². The van der Waals surface area contributed by atoms with Gasteiger partial charge in [0.1, 0.15) is 11.6 Å². The number of rotatable bonds is 4. The van der Waals surface area contributed by atoms with Gasteiger partial charge in [0, 0.05) is 16.1 Å². The lowest BCUT2D eigenvalue weighted by Gasteiger charge is -2.39. The number of anilines is 1. The second-order valence-electron chi connectivity index (χ2n) is 8.26. The number of hydrogen-bond donors (Lipinski definition) is 0. The van der Waals surface area contributed by atoms with Crippen LogP contribution in [-0.4, -0.2) is 22.2 Å². The Morgan fingerprint density at radius 3 is 2.49 bits per heavy atom. The zero-order valence-corrected chi connectivity index (χ0v) is 19.3. The largest absolute Gasteiger partial charge is 0.434 e. The van der Waals surface area contributed by atoms with Crippen LogP contribution in [0.5, 0.6) is 5.75 Å². The second-order valence-corrected chi connectivity index (χ2v) is 8.70. The van der Waals surface area contributed by atoms with Gasteiger partial charge in [-0.05, 0) is 61.0 Å². The van der Waals surface area contributed by atoms with Crippen molar-refractivity contribution in [2.75, 3.05) is 4.90 Å². The number of ether oxygens (including phenoxy) is 1. The summed E-state index contributed by atoms with van der Waals surface area (Å²) in [7, 11) is 0. The zero-order valence-electron chi connectivity index (χ0n) is 18.6. The summed E-state index contributed by atoms with van der Waals surface area (Å²) in [5, 5.41) is 5.42. The lowest BCUT2D eigenvalue weighted by atomic mass is 9.91. The van der Waals surface area contributed by atoms with Gasteiger partial charge in [0.25, 0.3) is 0 Å². The van der Waals surface area contributed by atoms with Crippen molar-refractivity contribution in [3.63, 3.8) is 0 Å². The Balaban J connectivity index is 1.63. The van der Waals surface area contributed by atoms with Crippen molar-refractivity contribution in [1.29, 1.82) is 0 Å². The first-order chi connectivity index (χ1) is 17.0. The smallest absolute Gasteiger partial charge is 0.387 e. The number of hydrogen-bond acceptors (Lipinski definition) is 4. The van der Waals surface area contributed by atoms with Crippen LogP contribution in [0.4, 0.5) is 20.3 Å². The minimum atomic E-state index is -2.95. The molecule has 0 bridgehead atoms. The van der Waals surface area contributed by atoms with Crippen LogP contribution in [-0.2, 0) is 0 Å². The third-order valence-corrected chi connectivity index (χ3v) is 6.44. The molecule has 0 amide bonds. The topological polar surface area (TPSA) is 42.6 Å². The van der Waals surface area contributed by atoms with Gasteiger partial charge in [-0.1, -0.05) is 48.0 Å². The molecule has 3 aromatic carbocycles. The summed E-state index contributed by atoms with van der Waals surface area (Å²) in [5.74, 6) is 1.44. The maximum Gasteiger partial charge on any atom is 0.387 e. The Kier molecular flexibility index (Phi) is 5.15. The van der Waals surface area contributed by atoms with Gasteiger partial charge in [0.15, 0.2) is 5.82 Å². The Bertz CT molecular complexity index is 1490. The Hall–Kier alpha value is -3.97. The van der Waals surface area contributed by atoms with Gasteiger partial charge < -0.3 is 9.64 Å². The molecule has 2 aliphatic rings. The number of fused-ring (bicyclic) bond motifs is 4. The van der Waals surface area contributed by atoms with E-state index in [1.54, 1.807) is 28.9 Å². The summed E-state index contributed by atoms with van der Waals surface area (Å²) in [6, 6.07) is 21.7. The highest BCUT2D eigenvalue weighted by atomic mass is 35.5. The summed E-state index contributed by atoms with van der Waals surface area (Å²) in [5.41, 5.74) is 4.89. The molecule has 35 heavy (non-hydrogen) atoms. The lowest BCUT2D eigenvalue weighted by molar-refractivity contribution is -0.0505. The fourth-order valence-electron chi connectivity index (χ4n) is 4.74. The van der Waals surface area contributed by atoms with Crippen molar-refractivity contribution in [2.24, 2.45) is 4.99 Å². The zero-order chi connectivity index (χ0) is 24.1. The molecular weight excluding hydrogens is 470 g/mol. The maximum absolute atomic E-state index is 13.4. The van der Waals surface area contributed by atoms with E-state index in [1.807, 2.05) is 67.6 Å². The van der Waals surface area contributed by atoms with Gasteiger partial charge in [-0.15, -0.1) is 0 Å². The number of halogens is 3. The number of nitrogens with zero attached hydrogens (tertiary/aromatic N) is 4. The molecule has 1 atom stereocenters. The van der Waals surface area contributed by atoms with Crippen LogP contribution >= 0.6 is 11.6 Å². The molecule has 0 unspecified atom stereocenters. The van der Waals surface area contributed by atoms with Crippen molar-refractivity contribution >= 4 is 35.0 Å². The highest BCUT2D eigenvalue weighted by Gasteiger charge is 2.39. The first-order valence-corrected chi connectivity index (χ1v) is 11.4. The molecule has 6 rings (SSSR count). The molecule has 5 nitrogen and oxygen atoms in total. The van der Waals surface area contributed by atoms with Crippen molar-refractivity contribution < 1.29 is 13.5 Å². The molecule has 0 fully saturated rings. The first-order valence-electron chi connectivity index (χ1n) is 11.1. The van der Waals surface area contributed by atoms with E-state index in [-0.39, 0.29) is 5.75 Å². The third kappa shape index (κ3) is 3.59. The van der Waals surface area contributed by atoms with Crippen LogP contribution < -0.4 is 9.64 Å². The predicted molar refractivity (Wildman–Crippen MR) is 133 cm³/mol. The number of aromatic nitrogens is 2. The van der Waals surface area contributed by atoms with E-state index in [4.69, 9.17) is 26.4 Å². The summed E-state index contributed by atoms with van der Waals surface area (Å²) in [6.07, 6.45) is 3.94. The fraction of sp³-hybridized carbons (Fsp3) is 0.111. The minimum absolute atomic E-state index is 0.116. The summed E-state index contributed by atoms with van der Waals surface area (Å²) < 4.78 is 33.5. The molecule has 8 heteroatoms. The quantitative estimate of drug-likeness (QED) is 0.307. The van der Waals surface area contributed by atoms with Crippen LogP contribution in [0, 0.1) is 6.92 Å². The van der Waals surface area contributed by atoms with Crippen LogP contribution in [0.3, 0.4) is 0 Å². The van der Waals surface area contributed by atoms with Gasteiger partial charge in [-0.25, -0.2) is 9.67 Å². The number of benzene rings is 3. The Morgan fingerprint density at radius 2 is 1.69 bits per heavy atom. The Labute approximate surface area is 205 Å². The standard InChI is InChI=1S/C27H19ClF2N4O/c1-16-24-25(20-7-3-5-9-22(20)35-27(29)30)33-21-8-4-2-6-17(21)10-15-23(33)31-26(24)34(32-16)19-13-11-18(28)12-14-19/h2-15,25,27H,1H3/t25-/m0/s1. The van der Waals surface area contributed by atoms with Gasteiger partial charge in [-0.2, -0.15) is 13.9 Å². The third-order valence-electron chi connectivity index (χ3n) is 6.19. The molecule has 0 saturated carbocycles. The molecule has 1 aromatic heterocycles. The molecule has 0 aliphatic carbocycles. The van der Waals surface area contributed by atoms with Gasteiger partial charge in [-0.3, -0.25) is 0 Å². The SMILES string of the molecule is Cc1nn(-c2ccc(Cl)cc2)c2c1[C@H](c1ccccc1OC(F)F)N1C(=N2)C=Cc2ccccc21. The number of amidine groups is 1. The van der Waals surface area contributed by atoms with E-state index in [1.165, 1.54) is 0 Å². The van der Waals surface area contributed by atoms with Gasteiger partial charge >= 0.3 is 6.61 Å². The van der Waals surface area contributed by atoms with Crippen LogP contribution in [0.1, 0.15) is 28.4 Å². The monoisotopic (exact) mass is 488 g/mol. The van der Waals surface area contributed by atoms with E-state index >= 15 is 0 Å².